The predicted molar refractivity (Wildman–Crippen MR) is 111 cm³/mol. The molecule has 148 valence electrons. The number of aromatic nitrogens is 1. The molecule has 0 bridgehead atoms. The second-order valence-corrected chi connectivity index (χ2v) is 8.68. The molecule has 0 unspecified atom stereocenters. The van der Waals surface area contributed by atoms with Crippen molar-refractivity contribution >= 4 is 17.5 Å². The number of fused-ring (bicyclic) bond motifs is 1. The smallest absolute Gasteiger partial charge is 0.410 e. The van der Waals surface area contributed by atoms with E-state index in [-0.39, 0.29) is 6.09 Å². The number of para-hydroxylation sites is 1. The number of likely N-dealkylation sites (tertiary alicyclic amines) is 1. The highest BCUT2D eigenvalue weighted by Crippen LogP contribution is 2.40. The van der Waals surface area contributed by atoms with E-state index in [1.54, 1.807) is 0 Å². The largest absolute Gasteiger partial charge is 0.444 e. The molecule has 0 radical (unpaired) electrons. The molecular formula is C23H29N3O2. The minimum atomic E-state index is -0.453. The van der Waals surface area contributed by atoms with Gasteiger partial charge in [-0.05, 0) is 63.8 Å². The van der Waals surface area contributed by atoms with Crippen molar-refractivity contribution < 1.29 is 9.53 Å². The lowest BCUT2D eigenvalue weighted by atomic mass is 9.92. The Hall–Kier alpha value is -2.56. The molecule has 4 rings (SSSR count). The van der Waals surface area contributed by atoms with E-state index in [4.69, 9.17) is 9.72 Å². The summed E-state index contributed by atoms with van der Waals surface area (Å²) in [5, 5.41) is 0. The molecule has 1 saturated heterocycles. The number of carbonyl (C=O) groups is 1. The monoisotopic (exact) mass is 379 g/mol. The number of benzene rings is 1. The van der Waals surface area contributed by atoms with Crippen LogP contribution in [0.5, 0.6) is 0 Å². The van der Waals surface area contributed by atoms with Crippen molar-refractivity contribution in [2.24, 2.45) is 0 Å². The van der Waals surface area contributed by atoms with Crippen molar-refractivity contribution in [2.45, 2.75) is 51.6 Å². The van der Waals surface area contributed by atoms with E-state index in [0.717, 1.165) is 31.5 Å². The average Bonchev–Trinajstić information content (AvgIpc) is 3.11. The number of rotatable bonds is 2. The first kappa shape index (κ1) is 18.8. The number of piperidine rings is 1. The highest BCUT2D eigenvalue weighted by Gasteiger charge is 2.31. The van der Waals surface area contributed by atoms with Crippen molar-refractivity contribution in [1.29, 1.82) is 0 Å². The fraction of sp³-hybridized carbons (Fsp3) is 0.478. The summed E-state index contributed by atoms with van der Waals surface area (Å²) in [6, 6.07) is 12.8. The quantitative estimate of drug-likeness (QED) is 0.745. The maximum atomic E-state index is 12.4. The van der Waals surface area contributed by atoms with Gasteiger partial charge in [0.2, 0.25) is 0 Å². The number of ether oxygens (including phenoxy) is 1. The van der Waals surface area contributed by atoms with Crippen LogP contribution in [0.4, 0.5) is 16.2 Å². The van der Waals surface area contributed by atoms with Crippen LogP contribution >= 0.6 is 0 Å². The van der Waals surface area contributed by atoms with Gasteiger partial charge in [-0.25, -0.2) is 4.79 Å². The highest BCUT2D eigenvalue weighted by molar-refractivity contribution is 5.72. The maximum Gasteiger partial charge on any atom is 0.410 e. The Morgan fingerprint density at radius 3 is 2.50 bits per heavy atom. The average molecular weight is 380 g/mol. The molecule has 5 nitrogen and oxygen atoms in total. The van der Waals surface area contributed by atoms with Crippen LogP contribution in [0.2, 0.25) is 0 Å². The van der Waals surface area contributed by atoms with Crippen LogP contribution in [0.1, 0.15) is 50.8 Å². The second kappa shape index (κ2) is 7.46. The van der Waals surface area contributed by atoms with E-state index in [2.05, 4.69) is 35.2 Å². The zero-order valence-electron chi connectivity index (χ0n) is 17.0. The Kier molecular flexibility index (Phi) is 5.00. The summed E-state index contributed by atoms with van der Waals surface area (Å²) in [4.78, 5) is 21.4. The van der Waals surface area contributed by atoms with E-state index in [0.29, 0.717) is 19.0 Å². The number of carbonyl (C=O) groups excluding carboxylic acids is 1. The van der Waals surface area contributed by atoms with Gasteiger partial charge in [-0.1, -0.05) is 18.2 Å². The Bertz CT molecular complexity index is 851. The SMILES string of the molecule is CC(C)(C)OC(=O)N1CCC(c2ncccc2N2CCc3ccccc32)CC1. The Labute approximate surface area is 167 Å². The van der Waals surface area contributed by atoms with Crippen LogP contribution in [0.15, 0.2) is 42.6 Å². The van der Waals surface area contributed by atoms with Crippen LogP contribution in [0, 0.1) is 0 Å². The second-order valence-electron chi connectivity index (χ2n) is 8.68. The van der Waals surface area contributed by atoms with Gasteiger partial charge in [0.15, 0.2) is 0 Å². The van der Waals surface area contributed by atoms with Gasteiger partial charge in [-0.15, -0.1) is 0 Å². The predicted octanol–water partition coefficient (Wildman–Crippen LogP) is 4.89. The van der Waals surface area contributed by atoms with Gasteiger partial charge < -0.3 is 14.5 Å². The molecule has 28 heavy (non-hydrogen) atoms. The van der Waals surface area contributed by atoms with Gasteiger partial charge >= 0.3 is 6.09 Å². The summed E-state index contributed by atoms with van der Waals surface area (Å²) in [6.07, 6.45) is 4.58. The molecule has 0 aliphatic carbocycles. The zero-order chi connectivity index (χ0) is 19.7. The molecule has 1 aromatic heterocycles. The Morgan fingerprint density at radius 1 is 1.04 bits per heavy atom. The third-order valence-corrected chi connectivity index (χ3v) is 5.53. The molecule has 0 atom stereocenters. The van der Waals surface area contributed by atoms with Gasteiger partial charge in [0.05, 0.1) is 11.4 Å². The van der Waals surface area contributed by atoms with Gasteiger partial charge in [0.1, 0.15) is 5.60 Å². The Morgan fingerprint density at radius 2 is 1.75 bits per heavy atom. The molecule has 5 heteroatoms. The number of amides is 1. The van der Waals surface area contributed by atoms with Crippen molar-refractivity contribution in [3.05, 3.63) is 53.9 Å². The third kappa shape index (κ3) is 3.84. The number of nitrogens with zero attached hydrogens (tertiary/aromatic N) is 3. The molecule has 0 N–H and O–H groups in total. The molecule has 1 amide bonds. The number of hydrogen-bond donors (Lipinski definition) is 0. The lowest BCUT2D eigenvalue weighted by molar-refractivity contribution is 0.0204. The topological polar surface area (TPSA) is 45.7 Å². The number of hydrogen-bond acceptors (Lipinski definition) is 4. The summed E-state index contributed by atoms with van der Waals surface area (Å²) in [6.45, 7) is 8.15. The highest BCUT2D eigenvalue weighted by atomic mass is 16.6. The first-order valence-electron chi connectivity index (χ1n) is 10.2. The first-order chi connectivity index (χ1) is 13.4. The van der Waals surface area contributed by atoms with Crippen LogP contribution < -0.4 is 4.90 Å². The summed E-state index contributed by atoms with van der Waals surface area (Å²) < 4.78 is 5.53. The van der Waals surface area contributed by atoms with Crippen LogP contribution in [-0.2, 0) is 11.2 Å². The fourth-order valence-electron chi connectivity index (χ4n) is 4.20. The lowest BCUT2D eigenvalue weighted by Gasteiger charge is -2.34. The summed E-state index contributed by atoms with van der Waals surface area (Å²) in [5.41, 5.74) is 4.61. The summed E-state index contributed by atoms with van der Waals surface area (Å²) >= 11 is 0. The normalized spacial score (nSPS) is 17.5. The molecule has 2 aliphatic heterocycles. The summed E-state index contributed by atoms with van der Waals surface area (Å²) in [7, 11) is 0. The fourth-order valence-corrected chi connectivity index (χ4v) is 4.20. The molecule has 3 heterocycles. The molecule has 2 aliphatic rings. The van der Waals surface area contributed by atoms with E-state index in [9.17, 15) is 4.79 Å². The van der Waals surface area contributed by atoms with Crippen molar-refractivity contribution in [2.75, 3.05) is 24.5 Å². The van der Waals surface area contributed by atoms with E-state index in [1.165, 1.54) is 16.9 Å². The first-order valence-corrected chi connectivity index (χ1v) is 10.2. The van der Waals surface area contributed by atoms with E-state index < -0.39 is 5.60 Å². The lowest BCUT2D eigenvalue weighted by Crippen LogP contribution is -2.41. The molecule has 1 aromatic carbocycles. The van der Waals surface area contributed by atoms with E-state index in [1.807, 2.05) is 37.9 Å². The zero-order valence-corrected chi connectivity index (χ0v) is 17.0. The van der Waals surface area contributed by atoms with Crippen molar-refractivity contribution in [1.82, 2.24) is 9.88 Å². The van der Waals surface area contributed by atoms with Crippen LogP contribution in [0.25, 0.3) is 0 Å². The number of anilines is 2. The minimum Gasteiger partial charge on any atom is -0.444 e. The Balaban J connectivity index is 1.49. The van der Waals surface area contributed by atoms with Crippen LogP contribution in [0.3, 0.4) is 0 Å². The van der Waals surface area contributed by atoms with E-state index >= 15 is 0 Å². The molecule has 2 aromatic rings. The summed E-state index contributed by atoms with van der Waals surface area (Å²) in [5.74, 6) is 0.364. The number of pyridine rings is 1. The van der Waals surface area contributed by atoms with Gasteiger partial charge in [-0.2, -0.15) is 0 Å². The third-order valence-electron chi connectivity index (χ3n) is 5.53. The molecule has 1 fully saturated rings. The van der Waals surface area contributed by atoms with Crippen LogP contribution in [-0.4, -0.2) is 41.2 Å². The molecular weight excluding hydrogens is 350 g/mol. The van der Waals surface area contributed by atoms with Gasteiger partial charge in [0, 0.05) is 37.4 Å². The van der Waals surface area contributed by atoms with Crippen molar-refractivity contribution in [3.63, 3.8) is 0 Å². The maximum absolute atomic E-state index is 12.4. The standard InChI is InChI=1S/C23H29N3O2/c1-23(2,3)28-22(27)25-14-10-18(11-15-25)21-20(9-6-13-24-21)26-16-12-17-7-4-5-8-19(17)26/h4-9,13,18H,10-12,14-16H2,1-3H3. The minimum absolute atomic E-state index is 0.208. The molecule has 0 spiro atoms. The molecule has 0 saturated carbocycles. The van der Waals surface area contributed by atoms with Crippen molar-refractivity contribution in [3.8, 4) is 0 Å². The van der Waals surface area contributed by atoms with Gasteiger partial charge in [-0.3, -0.25) is 4.98 Å². The van der Waals surface area contributed by atoms with Gasteiger partial charge in [0.25, 0.3) is 0 Å².